The second kappa shape index (κ2) is 3.43. The predicted octanol–water partition coefficient (Wildman–Crippen LogP) is 1.76. The average molecular weight is 154 g/mol. The molecule has 0 spiro atoms. The summed E-state index contributed by atoms with van der Waals surface area (Å²) in [7, 11) is 0. The molecule has 0 aromatic rings. The zero-order valence-electron chi connectivity index (χ0n) is 7.22. The number of terminal acetylenes is 1. The predicted molar refractivity (Wildman–Crippen MR) is 44.0 cm³/mol. The van der Waals surface area contributed by atoms with E-state index in [2.05, 4.69) is 5.92 Å². The van der Waals surface area contributed by atoms with Crippen LogP contribution < -0.4 is 0 Å². The molecule has 0 aliphatic heterocycles. The molecule has 11 heavy (non-hydrogen) atoms. The maximum absolute atomic E-state index is 10.6. The highest BCUT2D eigenvalue weighted by atomic mass is 16.4. The van der Waals surface area contributed by atoms with Crippen LogP contribution >= 0.6 is 0 Å². The third-order valence-corrected chi connectivity index (χ3v) is 1.67. The molecule has 0 saturated heterocycles. The first-order chi connectivity index (χ1) is 4.89. The maximum atomic E-state index is 10.6. The van der Waals surface area contributed by atoms with Crippen LogP contribution in [0.15, 0.2) is 0 Å². The lowest BCUT2D eigenvalue weighted by Gasteiger charge is -2.24. The van der Waals surface area contributed by atoms with Gasteiger partial charge in [-0.15, -0.1) is 12.3 Å². The van der Waals surface area contributed by atoms with Crippen LogP contribution in [0.3, 0.4) is 0 Å². The van der Waals surface area contributed by atoms with Gasteiger partial charge in [0.15, 0.2) is 0 Å². The van der Waals surface area contributed by atoms with Crippen LogP contribution in [-0.4, -0.2) is 11.1 Å². The number of carbonyl (C=O) groups is 1. The van der Waals surface area contributed by atoms with Gasteiger partial charge in [-0.05, 0) is 5.41 Å². The van der Waals surface area contributed by atoms with Crippen molar-refractivity contribution in [2.45, 2.75) is 27.2 Å². The molecule has 0 radical (unpaired) electrons. The molecule has 0 fully saturated rings. The van der Waals surface area contributed by atoms with E-state index in [0.29, 0.717) is 6.42 Å². The number of hydrogen-bond acceptors (Lipinski definition) is 1. The van der Waals surface area contributed by atoms with Crippen LogP contribution in [0.25, 0.3) is 0 Å². The van der Waals surface area contributed by atoms with E-state index in [1.165, 1.54) is 0 Å². The van der Waals surface area contributed by atoms with Crippen molar-refractivity contribution >= 4 is 5.97 Å². The van der Waals surface area contributed by atoms with Gasteiger partial charge in [0, 0.05) is 6.42 Å². The Bertz CT molecular complexity index is 181. The second-order valence-corrected chi connectivity index (χ2v) is 3.67. The Morgan fingerprint density at radius 2 is 2.09 bits per heavy atom. The number of carboxylic acid groups (broad SMARTS) is 1. The summed E-state index contributed by atoms with van der Waals surface area (Å²) < 4.78 is 0. The lowest BCUT2D eigenvalue weighted by molar-refractivity contribution is -0.145. The molecule has 2 heteroatoms. The van der Waals surface area contributed by atoms with Gasteiger partial charge in [0.25, 0.3) is 0 Å². The molecule has 0 rings (SSSR count). The van der Waals surface area contributed by atoms with Gasteiger partial charge in [-0.1, -0.05) is 20.8 Å². The third kappa shape index (κ3) is 3.08. The second-order valence-electron chi connectivity index (χ2n) is 3.67. The molecule has 2 nitrogen and oxygen atoms in total. The number of aliphatic carboxylic acids is 1. The van der Waals surface area contributed by atoms with E-state index in [9.17, 15) is 4.79 Å². The van der Waals surface area contributed by atoms with Gasteiger partial charge in [0.2, 0.25) is 0 Å². The molecule has 0 aliphatic carbocycles. The SMILES string of the molecule is C#CCC(C(=O)O)C(C)(C)C. The van der Waals surface area contributed by atoms with E-state index < -0.39 is 11.9 Å². The first kappa shape index (κ1) is 10.0. The molecule has 0 aromatic heterocycles. The number of rotatable bonds is 2. The highest BCUT2D eigenvalue weighted by molar-refractivity contribution is 5.71. The Kier molecular flexibility index (Phi) is 3.13. The molecular weight excluding hydrogens is 140 g/mol. The molecular formula is C9H14O2. The normalized spacial score (nSPS) is 13.6. The summed E-state index contributed by atoms with van der Waals surface area (Å²) in [5.41, 5.74) is -0.252. The minimum Gasteiger partial charge on any atom is -0.481 e. The van der Waals surface area contributed by atoms with E-state index in [-0.39, 0.29) is 5.41 Å². The summed E-state index contributed by atoms with van der Waals surface area (Å²) in [5.74, 6) is 1.13. The van der Waals surface area contributed by atoms with Gasteiger partial charge in [-0.2, -0.15) is 0 Å². The highest BCUT2D eigenvalue weighted by Crippen LogP contribution is 2.28. The molecule has 0 heterocycles. The molecule has 0 aromatic carbocycles. The zero-order chi connectivity index (χ0) is 9.07. The lowest BCUT2D eigenvalue weighted by Crippen LogP contribution is -2.27. The molecule has 1 atom stereocenters. The van der Waals surface area contributed by atoms with Crippen molar-refractivity contribution in [2.75, 3.05) is 0 Å². The van der Waals surface area contributed by atoms with Crippen LogP contribution in [0.2, 0.25) is 0 Å². The van der Waals surface area contributed by atoms with Crippen molar-refractivity contribution in [1.82, 2.24) is 0 Å². The summed E-state index contributed by atoms with van der Waals surface area (Å²) in [4.78, 5) is 10.6. The molecule has 0 saturated carbocycles. The Morgan fingerprint density at radius 3 is 2.18 bits per heavy atom. The quantitative estimate of drug-likeness (QED) is 0.615. The first-order valence-corrected chi connectivity index (χ1v) is 3.56. The van der Waals surface area contributed by atoms with Crippen molar-refractivity contribution in [3.63, 3.8) is 0 Å². The summed E-state index contributed by atoms with van der Waals surface area (Å²) in [6, 6.07) is 0. The number of carboxylic acids is 1. The van der Waals surface area contributed by atoms with E-state index in [1.54, 1.807) is 0 Å². The fourth-order valence-electron chi connectivity index (χ4n) is 0.882. The standard InChI is InChI=1S/C9H14O2/c1-5-6-7(8(10)11)9(2,3)4/h1,7H,6H2,2-4H3,(H,10,11). The van der Waals surface area contributed by atoms with Crippen molar-refractivity contribution < 1.29 is 9.90 Å². The number of hydrogen-bond donors (Lipinski definition) is 1. The van der Waals surface area contributed by atoms with E-state index in [1.807, 2.05) is 20.8 Å². The summed E-state index contributed by atoms with van der Waals surface area (Å²) in [6.07, 6.45) is 5.35. The van der Waals surface area contributed by atoms with Gasteiger partial charge >= 0.3 is 5.97 Å². The monoisotopic (exact) mass is 154 g/mol. The fraction of sp³-hybridized carbons (Fsp3) is 0.667. The van der Waals surface area contributed by atoms with Crippen LogP contribution in [0.4, 0.5) is 0 Å². The first-order valence-electron chi connectivity index (χ1n) is 3.56. The minimum absolute atomic E-state index is 0.252. The van der Waals surface area contributed by atoms with Gasteiger partial charge < -0.3 is 5.11 Å². The van der Waals surface area contributed by atoms with Crippen LogP contribution in [0, 0.1) is 23.7 Å². The third-order valence-electron chi connectivity index (χ3n) is 1.67. The molecule has 62 valence electrons. The zero-order valence-corrected chi connectivity index (χ0v) is 7.22. The average Bonchev–Trinajstić information content (AvgIpc) is 1.79. The highest BCUT2D eigenvalue weighted by Gasteiger charge is 2.29. The van der Waals surface area contributed by atoms with Gasteiger partial charge in [0.1, 0.15) is 0 Å². The Hall–Kier alpha value is -0.970. The van der Waals surface area contributed by atoms with Crippen LogP contribution in [-0.2, 0) is 4.79 Å². The van der Waals surface area contributed by atoms with E-state index in [4.69, 9.17) is 11.5 Å². The molecule has 1 unspecified atom stereocenters. The Morgan fingerprint density at radius 1 is 1.64 bits per heavy atom. The molecule has 0 amide bonds. The largest absolute Gasteiger partial charge is 0.481 e. The molecule has 0 bridgehead atoms. The van der Waals surface area contributed by atoms with Gasteiger partial charge in [-0.25, -0.2) is 0 Å². The smallest absolute Gasteiger partial charge is 0.307 e. The Balaban J connectivity index is 4.38. The molecule has 0 aliphatic rings. The maximum Gasteiger partial charge on any atom is 0.307 e. The van der Waals surface area contributed by atoms with Crippen LogP contribution in [0.5, 0.6) is 0 Å². The summed E-state index contributed by atoms with van der Waals surface area (Å²) in [5, 5.41) is 8.74. The van der Waals surface area contributed by atoms with E-state index in [0.717, 1.165) is 0 Å². The van der Waals surface area contributed by atoms with E-state index >= 15 is 0 Å². The topological polar surface area (TPSA) is 37.3 Å². The summed E-state index contributed by atoms with van der Waals surface area (Å²) in [6.45, 7) is 5.63. The van der Waals surface area contributed by atoms with Crippen molar-refractivity contribution in [3.05, 3.63) is 0 Å². The lowest BCUT2D eigenvalue weighted by atomic mass is 9.79. The molecule has 1 N–H and O–H groups in total. The van der Waals surface area contributed by atoms with Gasteiger partial charge in [0.05, 0.1) is 5.92 Å². The van der Waals surface area contributed by atoms with Crippen molar-refractivity contribution in [1.29, 1.82) is 0 Å². The minimum atomic E-state index is -0.810. The van der Waals surface area contributed by atoms with Gasteiger partial charge in [-0.3, -0.25) is 4.79 Å². The van der Waals surface area contributed by atoms with Crippen LogP contribution in [0.1, 0.15) is 27.2 Å². The Labute approximate surface area is 67.6 Å². The van der Waals surface area contributed by atoms with Crippen molar-refractivity contribution in [3.8, 4) is 12.3 Å². The fourth-order valence-corrected chi connectivity index (χ4v) is 0.882. The summed E-state index contributed by atoms with van der Waals surface area (Å²) >= 11 is 0. The van der Waals surface area contributed by atoms with Crippen molar-refractivity contribution in [2.24, 2.45) is 11.3 Å².